The molecule has 1 nitrogen and oxygen atoms in total. The lowest BCUT2D eigenvalue weighted by Crippen LogP contribution is -2.47. The van der Waals surface area contributed by atoms with E-state index in [1.165, 1.54) is 0 Å². The number of ketones is 1. The van der Waals surface area contributed by atoms with Gasteiger partial charge in [-0.2, -0.15) is 0 Å². The Kier molecular flexibility index (Phi) is 4.07. The Morgan fingerprint density at radius 2 is 1.59 bits per heavy atom. The van der Waals surface area contributed by atoms with E-state index in [2.05, 4.69) is 63.9 Å². The molecule has 0 spiro atoms. The number of hydrogen-bond acceptors (Lipinski definition) is 1. The fourth-order valence-electron chi connectivity index (χ4n) is 3.40. The quantitative estimate of drug-likeness (QED) is 0.558. The first-order chi connectivity index (χ1) is 10.4. The van der Waals surface area contributed by atoms with Crippen LogP contribution in [0.4, 0.5) is 0 Å². The highest BCUT2D eigenvalue weighted by Crippen LogP contribution is 2.53. The SMILES string of the molecule is CC1(C)CC(Br)(C(Br)c2ccccc2)C(=O)c2ccccc21. The second-order valence-electron chi connectivity index (χ2n) is 6.57. The van der Waals surface area contributed by atoms with Crippen LogP contribution >= 0.6 is 31.9 Å². The number of carbonyl (C=O) groups excluding carboxylic acids is 1. The van der Waals surface area contributed by atoms with E-state index in [0.717, 1.165) is 23.1 Å². The van der Waals surface area contributed by atoms with Crippen LogP contribution in [-0.4, -0.2) is 10.1 Å². The van der Waals surface area contributed by atoms with Crippen LogP contribution in [0.3, 0.4) is 0 Å². The van der Waals surface area contributed by atoms with Crippen molar-refractivity contribution in [3.05, 3.63) is 71.3 Å². The summed E-state index contributed by atoms with van der Waals surface area (Å²) in [6, 6.07) is 18.1. The zero-order chi connectivity index (χ0) is 16.0. The summed E-state index contributed by atoms with van der Waals surface area (Å²) >= 11 is 7.59. The van der Waals surface area contributed by atoms with Crippen molar-refractivity contribution in [3.8, 4) is 0 Å². The lowest BCUT2D eigenvalue weighted by Gasteiger charge is -2.44. The van der Waals surface area contributed by atoms with Crippen LogP contribution < -0.4 is 0 Å². The predicted octanol–water partition coefficient (Wildman–Crippen LogP) is 5.82. The standard InChI is InChI=1S/C19H18Br2O/c1-18(2)12-19(21,16(20)13-8-4-3-5-9-13)17(22)14-10-6-7-11-15(14)18/h3-11,16H,12H2,1-2H3. The second kappa shape index (κ2) is 5.61. The molecule has 0 N–H and O–H groups in total. The molecule has 1 aliphatic rings. The van der Waals surface area contributed by atoms with Gasteiger partial charge in [-0.15, -0.1) is 0 Å². The summed E-state index contributed by atoms with van der Waals surface area (Å²) in [5.74, 6) is 0.160. The van der Waals surface area contributed by atoms with Crippen molar-refractivity contribution >= 4 is 37.6 Å². The third kappa shape index (κ3) is 2.48. The number of benzene rings is 2. The fraction of sp³-hybridized carbons (Fsp3) is 0.316. The van der Waals surface area contributed by atoms with Crippen molar-refractivity contribution in [2.75, 3.05) is 0 Å². The molecule has 0 bridgehead atoms. The van der Waals surface area contributed by atoms with Crippen molar-refractivity contribution in [2.24, 2.45) is 0 Å². The Morgan fingerprint density at radius 3 is 2.27 bits per heavy atom. The molecule has 3 heteroatoms. The molecule has 1 aliphatic carbocycles. The number of fused-ring (bicyclic) bond motifs is 1. The van der Waals surface area contributed by atoms with E-state index in [1.807, 2.05) is 36.4 Å². The normalized spacial score (nSPS) is 24.6. The molecule has 0 fully saturated rings. The number of halogens is 2. The molecule has 114 valence electrons. The van der Waals surface area contributed by atoms with Gasteiger partial charge in [-0.25, -0.2) is 0 Å². The van der Waals surface area contributed by atoms with Gasteiger partial charge in [-0.05, 0) is 23.0 Å². The maximum Gasteiger partial charge on any atom is 0.181 e. The van der Waals surface area contributed by atoms with E-state index in [1.54, 1.807) is 0 Å². The molecule has 0 aliphatic heterocycles. The molecule has 0 radical (unpaired) electrons. The lowest BCUT2D eigenvalue weighted by molar-refractivity contribution is 0.0908. The summed E-state index contributed by atoms with van der Waals surface area (Å²) in [6.45, 7) is 4.41. The third-order valence-electron chi connectivity index (χ3n) is 4.47. The summed E-state index contributed by atoms with van der Waals surface area (Å²) in [5.41, 5.74) is 3.02. The van der Waals surface area contributed by atoms with Crippen LogP contribution in [0.2, 0.25) is 0 Å². The van der Waals surface area contributed by atoms with Crippen molar-refractivity contribution in [1.82, 2.24) is 0 Å². The van der Waals surface area contributed by atoms with Crippen LogP contribution in [0.1, 0.15) is 46.6 Å². The van der Waals surface area contributed by atoms with Gasteiger partial charge in [0.05, 0.1) is 4.83 Å². The third-order valence-corrected chi connectivity index (χ3v) is 7.49. The Bertz CT molecular complexity index is 708. The van der Waals surface area contributed by atoms with Crippen LogP contribution in [-0.2, 0) is 5.41 Å². The van der Waals surface area contributed by atoms with Gasteiger partial charge in [-0.3, -0.25) is 4.79 Å². The molecule has 2 aromatic carbocycles. The minimum atomic E-state index is -0.633. The number of Topliss-reactive ketones (excluding diaryl/α,β-unsaturated/α-hetero) is 1. The first kappa shape index (κ1) is 15.9. The van der Waals surface area contributed by atoms with E-state index in [-0.39, 0.29) is 16.0 Å². The first-order valence-electron chi connectivity index (χ1n) is 7.38. The molecular formula is C19H18Br2O. The number of alkyl halides is 2. The molecule has 0 saturated carbocycles. The van der Waals surface area contributed by atoms with Gasteiger partial charge in [0.15, 0.2) is 5.78 Å². The van der Waals surface area contributed by atoms with Gasteiger partial charge >= 0.3 is 0 Å². The molecule has 2 aromatic rings. The van der Waals surface area contributed by atoms with E-state index in [9.17, 15) is 4.79 Å². The Labute approximate surface area is 148 Å². The van der Waals surface area contributed by atoms with Crippen molar-refractivity contribution in [1.29, 1.82) is 0 Å². The van der Waals surface area contributed by atoms with Crippen molar-refractivity contribution in [3.63, 3.8) is 0 Å². The fourth-order valence-corrected chi connectivity index (χ4v) is 5.26. The van der Waals surface area contributed by atoms with Crippen molar-refractivity contribution in [2.45, 2.75) is 34.8 Å². The van der Waals surface area contributed by atoms with E-state index in [0.29, 0.717) is 0 Å². The zero-order valence-corrected chi connectivity index (χ0v) is 15.8. The molecule has 2 atom stereocenters. The van der Waals surface area contributed by atoms with E-state index < -0.39 is 4.32 Å². The number of rotatable bonds is 2. The summed E-state index contributed by atoms with van der Waals surface area (Å²) in [4.78, 5) is 13.1. The van der Waals surface area contributed by atoms with Gasteiger partial charge in [0.1, 0.15) is 4.32 Å². The van der Waals surface area contributed by atoms with Gasteiger partial charge in [0.2, 0.25) is 0 Å². The van der Waals surface area contributed by atoms with Gasteiger partial charge in [0.25, 0.3) is 0 Å². The molecule has 2 unspecified atom stereocenters. The molecule has 22 heavy (non-hydrogen) atoms. The van der Waals surface area contributed by atoms with Crippen LogP contribution in [0.5, 0.6) is 0 Å². The maximum atomic E-state index is 13.2. The van der Waals surface area contributed by atoms with Gasteiger partial charge in [-0.1, -0.05) is 100 Å². The monoisotopic (exact) mass is 420 g/mol. The summed E-state index contributed by atoms with van der Waals surface area (Å²) in [7, 11) is 0. The van der Waals surface area contributed by atoms with Crippen LogP contribution in [0.15, 0.2) is 54.6 Å². The molecule has 0 heterocycles. The summed E-state index contributed by atoms with van der Waals surface area (Å²) in [5, 5.41) is 0. The van der Waals surface area contributed by atoms with E-state index in [4.69, 9.17) is 0 Å². The smallest absolute Gasteiger partial charge is 0.181 e. The minimum absolute atomic E-state index is 0.0607. The number of carbonyl (C=O) groups is 1. The lowest BCUT2D eigenvalue weighted by atomic mass is 9.66. The topological polar surface area (TPSA) is 17.1 Å². The van der Waals surface area contributed by atoms with Crippen molar-refractivity contribution < 1.29 is 4.79 Å². The highest BCUT2D eigenvalue weighted by molar-refractivity contribution is 9.12. The molecule has 0 saturated heterocycles. The average Bonchev–Trinajstić information content (AvgIpc) is 2.52. The minimum Gasteiger partial charge on any atom is -0.293 e. The summed E-state index contributed by atoms with van der Waals surface area (Å²) < 4.78 is -0.633. The largest absolute Gasteiger partial charge is 0.293 e. The zero-order valence-electron chi connectivity index (χ0n) is 12.6. The first-order valence-corrected chi connectivity index (χ1v) is 9.09. The maximum absolute atomic E-state index is 13.2. The van der Waals surface area contributed by atoms with Gasteiger partial charge < -0.3 is 0 Å². The Balaban J connectivity index is 2.11. The van der Waals surface area contributed by atoms with Gasteiger partial charge in [0, 0.05) is 5.56 Å². The van der Waals surface area contributed by atoms with Crippen LogP contribution in [0.25, 0.3) is 0 Å². The molecular weight excluding hydrogens is 404 g/mol. The highest BCUT2D eigenvalue weighted by Gasteiger charge is 2.51. The highest BCUT2D eigenvalue weighted by atomic mass is 79.9. The van der Waals surface area contributed by atoms with Crippen LogP contribution in [0, 0.1) is 0 Å². The molecule has 0 aromatic heterocycles. The second-order valence-corrected chi connectivity index (χ2v) is 8.90. The Morgan fingerprint density at radius 1 is 1.00 bits per heavy atom. The Hall–Kier alpha value is -0.930. The molecule has 0 amide bonds. The predicted molar refractivity (Wildman–Crippen MR) is 98.2 cm³/mol. The van der Waals surface area contributed by atoms with E-state index >= 15 is 0 Å². The number of hydrogen-bond donors (Lipinski definition) is 0. The molecule has 3 rings (SSSR count). The average molecular weight is 422 g/mol. The summed E-state index contributed by atoms with van der Waals surface area (Å²) in [6.07, 6.45) is 0.751.